The Balaban J connectivity index is 1.24. The highest BCUT2D eigenvalue weighted by atomic mass is 35.5. The van der Waals surface area contributed by atoms with Crippen molar-refractivity contribution in [2.45, 2.75) is 64.8 Å². The molecule has 5 rings (SSSR count). The van der Waals surface area contributed by atoms with E-state index in [-0.39, 0.29) is 44.8 Å². The number of nitriles is 1. The van der Waals surface area contributed by atoms with Gasteiger partial charge in [-0.1, -0.05) is 48.9 Å². The van der Waals surface area contributed by atoms with Gasteiger partial charge >= 0.3 is 0 Å². The molecule has 0 unspecified atom stereocenters. The molecule has 3 aromatic rings. The lowest BCUT2D eigenvalue weighted by molar-refractivity contribution is 0.106. The summed E-state index contributed by atoms with van der Waals surface area (Å²) in [5, 5.41) is 41.4. The molecule has 278 valence electrons. The van der Waals surface area contributed by atoms with E-state index < -0.39 is 6.04 Å². The lowest BCUT2D eigenvalue weighted by atomic mass is 9.80. The molecule has 2 heterocycles. The summed E-state index contributed by atoms with van der Waals surface area (Å²) in [6.07, 6.45) is 12.8. The Kier molecular flexibility index (Phi) is 14.9. The predicted octanol–water partition coefficient (Wildman–Crippen LogP) is 5.80. The van der Waals surface area contributed by atoms with E-state index >= 15 is 0 Å². The van der Waals surface area contributed by atoms with Gasteiger partial charge in [-0.2, -0.15) is 5.26 Å². The van der Waals surface area contributed by atoms with Crippen molar-refractivity contribution < 1.29 is 29.5 Å². The van der Waals surface area contributed by atoms with Crippen LogP contribution in [-0.4, -0.2) is 77.3 Å². The first-order valence-corrected chi connectivity index (χ1v) is 18.5. The Labute approximate surface area is 312 Å². The summed E-state index contributed by atoms with van der Waals surface area (Å²) in [5.41, 5.74) is 5.29. The summed E-state index contributed by atoms with van der Waals surface area (Å²) in [5.74, 6) is 2.68. The van der Waals surface area contributed by atoms with Crippen LogP contribution in [0.3, 0.4) is 0 Å². The van der Waals surface area contributed by atoms with Crippen molar-refractivity contribution in [1.29, 1.82) is 5.26 Å². The van der Waals surface area contributed by atoms with Gasteiger partial charge in [0.2, 0.25) is 0 Å². The third kappa shape index (κ3) is 10.6. The fourth-order valence-corrected chi connectivity index (χ4v) is 7.11. The molecule has 1 saturated heterocycles. The molecule has 0 spiro atoms. The number of halogens is 1. The maximum atomic E-state index is 9.55. The zero-order valence-electron chi connectivity index (χ0n) is 30.1. The zero-order valence-corrected chi connectivity index (χ0v) is 30.9. The molecule has 11 heteroatoms. The van der Waals surface area contributed by atoms with Crippen LogP contribution in [0.15, 0.2) is 72.8 Å². The van der Waals surface area contributed by atoms with Crippen LogP contribution in [0.4, 0.5) is 0 Å². The number of hydrogen-bond acceptors (Lipinski definition) is 10. The first-order valence-electron chi connectivity index (χ1n) is 18.1. The third-order valence-corrected chi connectivity index (χ3v) is 10.3. The minimum Gasteiger partial charge on any atom is -0.498 e. The van der Waals surface area contributed by atoms with Crippen molar-refractivity contribution in [3.8, 4) is 17.6 Å². The maximum Gasteiger partial charge on any atom is 0.142 e. The van der Waals surface area contributed by atoms with E-state index in [1.807, 2.05) is 0 Å². The van der Waals surface area contributed by atoms with E-state index in [2.05, 4.69) is 71.5 Å². The van der Waals surface area contributed by atoms with Gasteiger partial charge in [0.25, 0.3) is 0 Å². The van der Waals surface area contributed by atoms with Crippen LogP contribution in [0.1, 0.15) is 65.5 Å². The second kappa shape index (κ2) is 19.8. The van der Waals surface area contributed by atoms with Gasteiger partial charge in [0.05, 0.1) is 42.2 Å². The SMILES string of the molecule is Cc1c(COc2cc(OCc3cncc(C#N)c3)c(CNC(CO)CO)cc2Cl)cccc1[C@@H]1C=CC=C(OCCCN2CCC[C@@H](CO)C2)[C@@H]1C. The molecule has 0 amide bonds. The van der Waals surface area contributed by atoms with E-state index in [0.29, 0.717) is 41.2 Å². The number of pyridine rings is 1. The fraction of sp³-hybridized carbons (Fsp3) is 0.463. The van der Waals surface area contributed by atoms with Crippen LogP contribution < -0.4 is 14.8 Å². The molecule has 1 aliphatic heterocycles. The normalized spacial score (nSPS) is 19.0. The van der Waals surface area contributed by atoms with Crippen molar-refractivity contribution in [2.75, 3.05) is 46.1 Å². The van der Waals surface area contributed by atoms with Crippen molar-refractivity contribution in [1.82, 2.24) is 15.2 Å². The Bertz CT molecular complexity index is 1720. The van der Waals surface area contributed by atoms with E-state index in [0.717, 1.165) is 66.9 Å². The molecule has 0 bridgehead atoms. The molecule has 4 N–H and O–H groups in total. The summed E-state index contributed by atoms with van der Waals surface area (Å²) in [7, 11) is 0. The Morgan fingerprint density at radius 1 is 1.06 bits per heavy atom. The van der Waals surface area contributed by atoms with Crippen LogP contribution in [0.25, 0.3) is 0 Å². The highest BCUT2D eigenvalue weighted by Gasteiger charge is 2.26. The number of aromatic nitrogens is 1. The average molecular weight is 731 g/mol. The summed E-state index contributed by atoms with van der Waals surface area (Å²) in [6, 6.07) is 13.1. The number of aliphatic hydroxyl groups excluding tert-OH is 3. The second-order valence-electron chi connectivity index (χ2n) is 13.7. The molecule has 10 nitrogen and oxygen atoms in total. The lowest BCUT2D eigenvalue weighted by Crippen LogP contribution is -2.37. The first kappa shape index (κ1) is 39.3. The molecule has 3 atom stereocenters. The maximum absolute atomic E-state index is 9.55. The summed E-state index contributed by atoms with van der Waals surface area (Å²) in [4.78, 5) is 6.57. The van der Waals surface area contributed by atoms with Crippen LogP contribution in [-0.2, 0) is 24.5 Å². The van der Waals surface area contributed by atoms with E-state index in [1.54, 1.807) is 24.4 Å². The van der Waals surface area contributed by atoms with Crippen LogP contribution in [0, 0.1) is 30.1 Å². The number of hydrogen-bond donors (Lipinski definition) is 4. The molecular weight excluding hydrogens is 680 g/mol. The highest BCUT2D eigenvalue weighted by molar-refractivity contribution is 6.32. The number of ether oxygens (including phenoxy) is 3. The summed E-state index contributed by atoms with van der Waals surface area (Å²) < 4.78 is 18.9. The van der Waals surface area contributed by atoms with E-state index in [1.165, 1.54) is 11.8 Å². The van der Waals surface area contributed by atoms with Gasteiger partial charge in [-0.3, -0.25) is 4.98 Å². The molecular formula is C41H51ClN4O6. The summed E-state index contributed by atoms with van der Waals surface area (Å²) in [6.45, 7) is 8.62. The van der Waals surface area contributed by atoms with Crippen LogP contribution in [0.5, 0.6) is 11.5 Å². The van der Waals surface area contributed by atoms with Gasteiger partial charge < -0.3 is 39.7 Å². The zero-order chi connectivity index (χ0) is 36.9. The number of allylic oxidation sites excluding steroid dienone is 4. The fourth-order valence-electron chi connectivity index (χ4n) is 6.86. The minimum absolute atomic E-state index is 0.151. The number of aliphatic hydroxyl groups is 3. The lowest BCUT2D eigenvalue weighted by Gasteiger charge is -2.32. The molecule has 0 saturated carbocycles. The Morgan fingerprint density at radius 3 is 2.67 bits per heavy atom. The molecule has 2 aromatic carbocycles. The number of benzene rings is 2. The second-order valence-corrected chi connectivity index (χ2v) is 14.1. The molecule has 1 aromatic heterocycles. The number of likely N-dealkylation sites (tertiary alicyclic amines) is 1. The van der Waals surface area contributed by atoms with Crippen molar-refractivity contribution in [2.24, 2.45) is 11.8 Å². The third-order valence-electron chi connectivity index (χ3n) is 10.0. The van der Waals surface area contributed by atoms with Crippen molar-refractivity contribution >= 4 is 11.6 Å². The first-order chi connectivity index (χ1) is 25.3. The quantitative estimate of drug-likeness (QED) is 0.119. The van der Waals surface area contributed by atoms with Crippen LogP contribution in [0.2, 0.25) is 5.02 Å². The highest BCUT2D eigenvalue weighted by Crippen LogP contribution is 2.38. The standard InChI is InChI=1S/C41H51ClN4O6/c1-28-33(8-3-9-36(28)37-10-4-11-39(29(37)2)50-14-6-13-46-12-5-7-30(22-46)23-47)27-52-41-17-40(51-26-32-15-31(18-43)19-44-20-32)34(16-38(41)42)21-45-35(24-48)25-49/h3-4,8-11,15-17,19-20,29-30,35,37,45,47-49H,5-7,12-14,21-27H2,1-2H3/t29-,30-,37-/m1/s1. The predicted molar refractivity (Wildman–Crippen MR) is 201 cm³/mol. The van der Waals surface area contributed by atoms with Gasteiger partial charge in [0.1, 0.15) is 30.8 Å². The van der Waals surface area contributed by atoms with Crippen molar-refractivity contribution in [3.63, 3.8) is 0 Å². The van der Waals surface area contributed by atoms with E-state index in [4.69, 9.17) is 25.8 Å². The molecule has 1 fully saturated rings. The van der Waals surface area contributed by atoms with Crippen LogP contribution >= 0.6 is 11.6 Å². The smallest absolute Gasteiger partial charge is 0.142 e. The monoisotopic (exact) mass is 730 g/mol. The Hall–Kier alpha value is -3.95. The number of rotatable bonds is 18. The molecule has 1 aliphatic carbocycles. The van der Waals surface area contributed by atoms with Crippen molar-refractivity contribution in [3.05, 3.63) is 111 Å². The van der Waals surface area contributed by atoms with Gasteiger partial charge in [-0.15, -0.1) is 0 Å². The minimum atomic E-state index is -0.500. The molecule has 0 radical (unpaired) electrons. The largest absolute Gasteiger partial charge is 0.498 e. The van der Waals surface area contributed by atoms with Gasteiger partial charge in [0, 0.05) is 67.7 Å². The number of piperidine rings is 1. The molecule has 52 heavy (non-hydrogen) atoms. The molecule has 2 aliphatic rings. The average Bonchev–Trinajstić information content (AvgIpc) is 3.17. The summed E-state index contributed by atoms with van der Waals surface area (Å²) >= 11 is 6.75. The Morgan fingerprint density at radius 2 is 1.88 bits per heavy atom. The van der Waals surface area contributed by atoms with Gasteiger partial charge in [-0.05, 0) is 73.5 Å². The number of nitrogens with zero attached hydrogens (tertiary/aromatic N) is 3. The number of nitrogens with one attached hydrogen (secondary N) is 1. The van der Waals surface area contributed by atoms with Gasteiger partial charge in [0.15, 0.2) is 0 Å². The van der Waals surface area contributed by atoms with Gasteiger partial charge in [-0.25, -0.2) is 0 Å². The van der Waals surface area contributed by atoms with E-state index in [9.17, 15) is 20.6 Å². The topological polar surface area (TPSA) is 140 Å².